The minimum Gasteiger partial charge on any atom is -0.478 e. The number of carbonyl (C=O) groups excluding carboxylic acids is 1. The van der Waals surface area contributed by atoms with Gasteiger partial charge in [0.1, 0.15) is 0 Å². The van der Waals surface area contributed by atoms with Crippen molar-refractivity contribution < 1.29 is 14.7 Å². The zero-order valence-electron chi connectivity index (χ0n) is 14.8. The molecule has 1 aliphatic heterocycles. The second-order valence-electron chi connectivity index (χ2n) is 5.89. The molecule has 1 saturated heterocycles. The summed E-state index contributed by atoms with van der Waals surface area (Å²) < 4.78 is 0. The number of aryl methyl sites for hydroxylation is 1. The standard InChI is InChI=1S/C21H18N2O3S/c1-3-12-23-19(24)18(13-15-9-5-4-8-14(15)2)27-21(23)22-17-11-7-6-10-16(17)20(25)26/h3-11,13H,1,12H2,2H3,(H,25,26)/b18-13-,22-21?. The summed E-state index contributed by atoms with van der Waals surface area (Å²) >= 11 is 1.23. The van der Waals surface area contributed by atoms with E-state index in [1.807, 2.05) is 37.3 Å². The highest BCUT2D eigenvalue weighted by Crippen LogP contribution is 2.35. The van der Waals surface area contributed by atoms with Crippen molar-refractivity contribution >= 4 is 40.6 Å². The number of rotatable bonds is 5. The van der Waals surface area contributed by atoms with Crippen LogP contribution in [0.1, 0.15) is 21.5 Å². The SMILES string of the molecule is C=CCN1C(=O)/C(=C/c2ccccc2C)SC1=Nc1ccccc1C(=O)O. The van der Waals surface area contributed by atoms with Crippen LogP contribution in [-0.2, 0) is 4.79 Å². The third-order valence-corrected chi connectivity index (χ3v) is 5.03. The van der Waals surface area contributed by atoms with Gasteiger partial charge in [0, 0.05) is 6.54 Å². The molecule has 6 heteroatoms. The molecular weight excluding hydrogens is 360 g/mol. The molecule has 0 bridgehead atoms. The Kier molecular flexibility index (Phi) is 5.57. The van der Waals surface area contributed by atoms with Gasteiger partial charge in [-0.15, -0.1) is 6.58 Å². The van der Waals surface area contributed by atoms with E-state index in [9.17, 15) is 14.7 Å². The summed E-state index contributed by atoms with van der Waals surface area (Å²) in [7, 11) is 0. The van der Waals surface area contributed by atoms with Crippen molar-refractivity contribution in [1.82, 2.24) is 4.90 Å². The number of para-hydroxylation sites is 1. The second kappa shape index (κ2) is 8.05. The van der Waals surface area contributed by atoms with Gasteiger partial charge in [-0.25, -0.2) is 9.79 Å². The van der Waals surface area contributed by atoms with E-state index in [0.717, 1.165) is 11.1 Å². The Morgan fingerprint density at radius 1 is 1.22 bits per heavy atom. The molecule has 0 aliphatic carbocycles. The van der Waals surface area contributed by atoms with E-state index < -0.39 is 5.97 Å². The number of hydrogen-bond acceptors (Lipinski definition) is 4. The molecule has 136 valence electrons. The first kappa shape index (κ1) is 18.7. The molecule has 2 aromatic rings. The van der Waals surface area contributed by atoms with Crippen LogP contribution >= 0.6 is 11.8 Å². The van der Waals surface area contributed by atoms with Crippen LogP contribution in [-0.4, -0.2) is 33.6 Å². The van der Waals surface area contributed by atoms with Crippen LogP contribution in [0.5, 0.6) is 0 Å². The topological polar surface area (TPSA) is 70.0 Å². The van der Waals surface area contributed by atoms with Crippen LogP contribution in [0, 0.1) is 6.92 Å². The van der Waals surface area contributed by atoms with E-state index in [2.05, 4.69) is 11.6 Å². The van der Waals surface area contributed by atoms with Crippen molar-refractivity contribution in [1.29, 1.82) is 0 Å². The van der Waals surface area contributed by atoms with E-state index in [4.69, 9.17) is 0 Å². The number of carbonyl (C=O) groups is 2. The molecule has 1 N–H and O–H groups in total. The molecular formula is C21H18N2O3S. The fourth-order valence-electron chi connectivity index (χ4n) is 2.63. The summed E-state index contributed by atoms with van der Waals surface area (Å²) in [4.78, 5) is 30.7. The largest absolute Gasteiger partial charge is 0.478 e. The average Bonchev–Trinajstić information content (AvgIpc) is 2.93. The Morgan fingerprint density at radius 2 is 1.93 bits per heavy atom. The number of aromatic carboxylic acids is 1. The van der Waals surface area contributed by atoms with Crippen LogP contribution in [0.3, 0.4) is 0 Å². The number of benzene rings is 2. The van der Waals surface area contributed by atoms with Gasteiger partial charge < -0.3 is 5.11 Å². The van der Waals surface area contributed by atoms with E-state index in [-0.39, 0.29) is 11.5 Å². The van der Waals surface area contributed by atoms with Gasteiger partial charge in [0.25, 0.3) is 5.91 Å². The number of thioether (sulfide) groups is 1. The molecule has 1 amide bonds. The monoisotopic (exact) mass is 378 g/mol. The van der Waals surface area contributed by atoms with Gasteiger partial charge in [-0.3, -0.25) is 9.69 Å². The van der Waals surface area contributed by atoms with Crippen molar-refractivity contribution in [2.24, 2.45) is 4.99 Å². The lowest BCUT2D eigenvalue weighted by molar-refractivity contribution is -0.121. The van der Waals surface area contributed by atoms with Crippen molar-refractivity contribution in [3.05, 3.63) is 82.8 Å². The fraction of sp³-hybridized carbons (Fsp3) is 0.0952. The zero-order valence-corrected chi connectivity index (χ0v) is 15.6. The molecule has 0 atom stereocenters. The summed E-state index contributed by atoms with van der Waals surface area (Å²) in [6.07, 6.45) is 3.46. The van der Waals surface area contributed by atoms with Crippen molar-refractivity contribution in [3.8, 4) is 0 Å². The molecule has 1 heterocycles. The number of amidine groups is 1. The molecule has 27 heavy (non-hydrogen) atoms. The third-order valence-electron chi connectivity index (χ3n) is 4.03. The fourth-order valence-corrected chi connectivity index (χ4v) is 3.62. The molecule has 5 nitrogen and oxygen atoms in total. The Balaban J connectivity index is 2.03. The smallest absolute Gasteiger partial charge is 0.337 e. The van der Waals surface area contributed by atoms with Gasteiger partial charge in [-0.05, 0) is 48.0 Å². The molecule has 2 aromatic carbocycles. The summed E-state index contributed by atoms with van der Waals surface area (Å²) in [5.74, 6) is -1.23. The lowest BCUT2D eigenvalue weighted by Crippen LogP contribution is -2.29. The Morgan fingerprint density at radius 3 is 2.63 bits per heavy atom. The number of carboxylic acids is 1. The third kappa shape index (κ3) is 4.01. The second-order valence-corrected chi connectivity index (χ2v) is 6.90. The molecule has 0 saturated carbocycles. The maximum Gasteiger partial charge on any atom is 0.337 e. The first-order chi connectivity index (χ1) is 13.0. The molecule has 0 radical (unpaired) electrons. The normalized spacial score (nSPS) is 16.9. The van der Waals surface area contributed by atoms with Gasteiger partial charge in [-0.1, -0.05) is 42.5 Å². The summed E-state index contributed by atoms with van der Waals surface area (Å²) in [6.45, 7) is 5.98. The van der Waals surface area contributed by atoms with Crippen molar-refractivity contribution in [2.45, 2.75) is 6.92 Å². The zero-order chi connectivity index (χ0) is 19.4. The van der Waals surface area contributed by atoms with Gasteiger partial charge in [-0.2, -0.15) is 0 Å². The minimum absolute atomic E-state index is 0.0907. The highest BCUT2D eigenvalue weighted by atomic mass is 32.2. The molecule has 0 aromatic heterocycles. The van der Waals surface area contributed by atoms with Gasteiger partial charge in [0.15, 0.2) is 5.17 Å². The van der Waals surface area contributed by atoms with E-state index in [1.54, 1.807) is 24.3 Å². The predicted octanol–water partition coefficient (Wildman–Crippen LogP) is 4.48. The van der Waals surface area contributed by atoms with Crippen LogP contribution in [0.15, 0.2) is 71.1 Å². The molecule has 1 fully saturated rings. The highest BCUT2D eigenvalue weighted by Gasteiger charge is 2.33. The van der Waals surface area contributed by atoms with Gasteiger partial charge >= 0.3 is 5.97 Å². The summed E-state index contributed by atoms with van der Waals surface area (Å²) in [5.41, 5.74) is 2.42. The van der Waals surface area contributed by atoms with E-state index in [1.165, 1.54) is 22.7 Å². The molecule has 0 spiro atoms. The maximum absolute atomic E-state index is 12.8. The van der Waals surface area contributed by atoms with Gasteiger partial charge in [0.05, 0.1) is 16.2 Å². The van der Waals surface area contributed by atoms with Crippen molar-refractivity contribution in [3.63, 3.8) is 0 Å². The van der Waals surface area contributed by atoms with Gasteiger partial charge in [0.2, 0.25) is 0 Å². The first-order valence-corrected chi connectivity index (χ1v) is 9.12. The number of aliphatic imine (C=N–C) groups is 1. The molecule has 3 rings (SSSR count). The number of carboxylic acid groups (broad SMARTS) is 1. The number of nitrogens with zero attached hydrogens (tertiary/aromatic N) is 2. The lowest BCUT2D eigenvalue weighted by Gasteiger charge is -2.13. The minimum atomic E-state index is -1.06. The van der Waals surface area contributed by atoms with Crippen LogP contribution in [0.25, 0.3) is 6.08 Å². The average molecular weight is 378 g/mol. The first-order valence-electron chi connectivity index (χ1n) is 8.30. The number of hydrogen-bond donors (Lipinski definition) is 1. The molecule has 0 unspecified atom stereocenters. The van der Waals surface area contributed by atoms with Crippen LogP contribution in [0.4, 0.5) is 5.69 Å². The Labute approximate surface area is 161 Å². The quantitative estimate of drug-likeness (QED) is 0.615. The Bertz CT molecular complexity index is 979. The van der Waals surface area contributed by atoms with Crippen molar-refractivity contribution in [2.75, 3.05) is 6.54 Å². The summed E-state index contributed by atoms with van der Waals surface area (Å²) in [6, 6.07) is 14.3. The van der Waals surface area contributed by atoms with E-state index >= 15 is 0 Å². The number of amides is 1. The lowest BCUT2D eigenvalue weighted by atomic mass is 10.1. The summed E-state index contributed by atoms with van der Waals surface area (Å²) in [5, 5.41) is 9.79. The highest BCUT2D eigenvalue weighted by molar-refractivity contribution is 8.18. The predicted molar refractivity (Wildman–Crippen MR) is 109 cm³/mol. The van der Waals surface area contributed by atoms with E-state index in [0.29, 0.717) is 22.3 Å². The Hall–Kier alpha value is -3.12. The molecule has 1 aliphatic rings. The maximum atomic E-state index is 12.8. The van der Waals surface area contributed by atoms with Crippen LogP contribution in [0.2, 0.25) is 0 Å². The van der Waals surface area contributed by atoms with Crippen LogP contribution < -0.4 is 0 Å².